The molecule has 2 aromatic rings. The lowest BCUT2D eigenvalue weighted by Gasteiger charge is -2.25. The molecule has 0 aliphatic carbocycles. The quantitative estimate of drug-likeness (QED) is 0.525. The summed E-state index contributed by atoms with van der Waals surface area (Å²) in [6.07, 6.45) is 0. The summed E-state index contributed by atoms with van der Waals surface area (Å²) in [5.41, 5.74) is 2.46. The van der Waals surface area contributed by atoms with Crippen molar-refractivity contribution in [2.75, 3.05) is 10.8 Å². The van der Waals surface area contributed by atoms with Gasteiger partial charge < -0.3 is 0 Å². The molecule has 2 rings (SSSR count). The standard InChI is InChI=1S/C17H18INO2S/c1-13(2)12-19(16-8-6-15(18)7-9-16)22(20,21)17-10-4-14(3)5-11-17/h4-11H,1,12H2,2-3H3. The largest absolute Gasteiger partial charge is 0.264 e. The van der Waals surface area contributed by atoms with Crippen molar-refractivity contribution in [3.63, 3.8) is 0 Å². The van der Waals surface area contributed by atoms with Gasteiger partial charge in [0.15, 0.2) is 0 Å². The fourth-order valence-electron chi connectivity index (χ4n) is 2.01. The van der Waals surface area contributed by atoms with Crippen molar-refractivity contribution in [1.82, 2.24) is 0 Å². The van der Waals surface area contributed by atoms with Crippen molar-refractivity contribution < 1.29 is 8.42 Å². The number of anilines is 1. The number of hydrogen-bond donors (Lipinski definition) is 0. The van der Waals surface area contributed by atoms with Crippen LogP contribution in [0.2, 0.25) is 0 Å². The summed E-state index contributed by atoms with van der Waals surface area (Å²) >= 11 is 2.20. The third kappa shape index (κ3) is 3.89. The van der Waals surface area contributed by atoms with Crippen molar-refractivity contribution >= 4 is 38.3 Å². The molecule has 2 aromatic carbocycles. The van der Waals surface area contributed by atoms with Gasteiger partial charge in [0, 0.05) is 3.57 Å². The highest BCUT2D eigenvalue weighted by molar-refractivity contribution is 14.1. The molecule has 0 saturated carbocycles. The van der Waals surface area contributed by atoms with Gasteiger partial charge in [-0.1, -0.05) is 29.8 Å². The lowest BCUT2D eigenvalue weighted by Crippen LogP contribution is -2.32. The van der Waals surface area contributed by atoms with Gasteiger partial charge in [0.25, 0.3) is 10.0 Å². The summed E-state index contributed by atoms with van der Waals surface area (Å²) < 4.78 is 28.4. The SMILES string of the molecule is C=C(C)CN(c1ccc(I)cc1)S(=O)(=O)c1ccc(C)cc1. The summed E-state index contributed by atoms with van der Waals surface area (Å²) in [6, 6.07) is 14.3. The minimum absolute atomic E-state index is 0.261. The minimum Gasteiger partial charge on any atom is -0.262 e. The molecule has 0 amide bonds. The van der Waals surface area contributed by atoms with E-state index in [-0.39, 0.29) is 11.4 Å². The predicted octanol–water partition coefficient (Wildman–Crippen LogP) is 4.37. The number of sulfonamides is 1. The van der Waals surface area contributed by atoms with E-state index in [1.807, 2.05) is 38.1 Å². The van der Waals surface area contributed by atoms with Crippen molar-refractivity contribution in [2.24, 2.45) is 0 Å². The van der Waals surface area contributed by atoms with E-state index in [0.29, 0.717) is 5.69 Å². The fourth-order valence-corrected chi connectivity index (χ4v) is 3.89. The Bertz CT molecular complexity index is 765. The van der Waals surface area contributed by atoms with Crippen molar-refractivity contribution in [1.29, 1.82) is 0 Å². The van der Waals surface area contributed by atoms with Crippen LogP contribution in [0.25, 0.3) is 0 Å². The maximum atomic E-state index is 12.9. The molecule has 116 valence electrons. The Labute approximate surface area is 145 Å². The molecule has 0 bridgehead atoms. The number of hydrogen-bond acceptors (Lipinski definition) is 2. The van der Waals surface area contributed by atoms with Gasteiger partial charge >= 0.3 is 0 Å². The highest BCUT2D eigenvalue weighted by Crippen LogP contribution is 2.25. The fraction of sp³-hybridized carbons (Fsp3) is 0.176. The number of halogens is 1. The third-order valence-corrected chi connectivity index (χ3v) is 5.64. The van der Waals surface area contributed by atoms with Crippen LogP contribution in [0.1, 0.15) is 12.5 Å². The van der Waals surface area contributed by atoms with E-state index in [4.69, 9.17) is 0 Å². The van der Waals surface area contributed by atoms with Gasteiger partial charge in [0.05, 0.1) is 17.1 Å². The van der Waals surface area contributed by atoms with E-state index in [1.165, 1.54) is 4.31 Å². The van der Waals surface area contributed by atoms with E-state index in [0.717, 1.165) is 14.7 Å². The lowest BCUT2D eigenvalue weighted by atomic mass is 10.2. The van der Waals surface area contributed by atoms with Gasteiger partial charge in [0.2, 0.25) is 0 Å². The molecule has 0 radical (unpaired) electrons. The Morgan fingerprint density at radius 1 is 1.09 bits per heavy atom. The molecule has 0 fully saturated rings. The molecule has 3 nitrogen and oxygen atoms in total. The van der Waals surface area contributed by atoms with E-state index in [1.54, 1.807) is 24.3 Å². The first-order valence-electron chi connectivity index (χ1n) is 6.80. The zero-order valence-electron chi connectivity index (χ0n) is 12.6. The van der Waals surface area contributed by atoms with Crippen LogP contribution < -0.4 is 4.31 Å². The van der Waals surface area contributed by atoms with Crippen LogP contribution in [-0.2, 0) is 10.0 Å². The van der Waals surface area contributed by atoms with Crippen LogP contribution in [0, 0.1) is 10.5 Å². The Hall–Kier alpha value is -1.34. The van der Waals surface area contributed by atoms with Crippen LogP contribution in [0.4, 0.5) is 5.69 Å². The summed E-state index contributed by atoms with van der Waals surface area (Å²) in [5, 5.41) is 0. The summed E-state index contributed by atoms with van der Waals surface area (Å²) in [6.45, 7) is 7.87. The molecule has 5 heteroatoms. The Kier molecular flexibility index (Phi) is 5.28. The average molecular weight is 427 g/mol. The van der Waals surface area contributed by atoms with Gasteiger partial charge in [-0.15, -0.1) is 0 Å². The molecule has 0 saturated heterocycles. The van der Waals surface area contributed by atoms with E-state index in [9.17, 15) is 8.42 Å². The lowest BCUT2D eigenvalue weighted by molar-refractivity contribution is 0.592. The van der Waals surface area contributed by atoms with E-state index >= 15 is 0 Å². The second-order valence-corrected chi connectivity index (χ2v) is 8.37. The van der Waals surface area contributed by atoms with Crippen LogP contribution in [0.15, 0.2) is 65.6 Å². The topological polar surface area (TPSA) is 37.4 Å². The Morgan fingerprint density at radius 3 is 2.14 bits per heavy atom. The van der Waals surface area contributed by atoms with Gasteiger partial charge in [-0.3, -0.25) is 4.31 Å². The van der Waals surface area contributed by atoms with Crippen LogP contribution >= 0.6 is 22.6 Å². The number of benzene rings is 2. The molecular formula is C17H18INO2S. The summed E-state index contributed by atoms with van der Waals surface area (Å²) in [7, 11) is -3.61. The first-order chi connectivity index (χ1) is 10.3. The molecule has 22 heavy (non-hydrogen) atoms. The van der Waals surface area contributed by atoms with Gasteiger partial charge in [0.1, 0.15) is 0 Å². The van der Waals surface area contributed by atoms with Crippen molar-refractivity contribution in [2.45, 2.75) is 18.7 Å². The molecule has 0 N–H and O–H groups in total. The average Bonchev–Trinajstić information content (AvgIpc) is 2.46. The maximum absolute atomic E-state index is 12.9. The monoisotopic (exact) mass is 427 g/mol. The van der Waals surface area contributed by atoms with Crippen LogP contribution in [0.3, 0.4) is 0 Å². The van der Waals surface area contributed by atoms with E-state index < -0.39 is 10.0 Å². The van der Waals surface area contributed by atoms with Gasteiger partial charge in [-0.2, -0.15) is 0 Å². The molecule has 0 aliphatic rings. The molecule has 0 spiro atoms. The number of nitrogens with zero attached hydrogens (tertiary/aromatic N) is 1. The third-order valence-electron chi connectivity index (χ3n) is 3.14. The molecule has 0 aromatic heterocycles. The number of aryl methyl sites for hydroxylation is 1. The predicted molar refractivity (Wildman–Crippen MR) is 99.7 cm³/mol. The zero-order chi connectivity index (χ0) is 16.3. The van der Waals surface area contributed by atoms with Gasteiger partial charge in [-0.05, 0) is 72.8 Å². The first-order valence-corrected chi connectivity index (χ1v) is 9.32. The Morgan fingerprint density at radius 2 is 1.64 bits per heavy atom. The second kappa shape index (κ2) is 6.83. The van der Waals surface area contributed by atoms with Gasteiger partial charge in [-0.25, -0.2) is 8.42 Å². The van der Waals surface area contributed by atoms with E-state index in [2.05, 4.69) is 29.2 Å². The minimum atomic E-state index is -3.61. The molecule has 0 atom stereocenters. The smallest absolute Gasteiger partial charge is 0.262 e. The Balaban J connectivity index is 2.50. The van der Waals surface area contributed by atoms with Crippen LogP contribution in [-0.4, -0.2) is 15.0 Å². The van der Waals surface area contributed by atoms with Crippen LogP contribution in [0.5, 0.6) is 0 Å². The molecule has 0 heterocycles. The highest BCUT2D eigenvalue weighted by atomic mass is 127. The van der Waals surface area contributed by atoms with Crippen molar-refractivity contribution in [3.05, 3.63) is 69.8 Å². The second-order valence-electron chi connectivity index (χ2n) is 5.26. The van der Waals surface area contributed by atoms with Crippen molar-refractivity contribution in [3.8, 4) is 0 Å². The molecule has 0 aliphatic heterocycles. The maximum Gasteiger partial charge on any atom is 0.264 e. The highest BCUT2D eigenvalue weighted by Gasteiger charge is 2.24. The first kappa shape index (κ1) is 17.0. The summed E-state index contributed by atoms with van der Waals surface area (Å²) in [5.74, 6) is 0. The summed E-state index contributed by atoms with van der Waals surface area (Å²) in [4.78, 5) is 0.290. The zero-order valence-corrected chi connectivity index (χ0v) is 15.6. The number of rotatable bonds is 5. The normalized spacial score (nSPS) is 11.2. The molecular weight excluding hydrogens is 409 g/mol. The molecule has 0 unspecified atom stereocenters.